The summed E-state index contributed by atoms with van der Waals surface area (Å²) in [5.41, 5.74) is 1.61. The van der Waals surface area contributed by atoms with E-state index in [1.807, 2.05) is 12.1 Å². The summed E-state index contributed by atoms with van der Waals surface area (Å²) < 4.78 is 30.4. The Kier molecular flexibility index (Phi) is 7.13. The van der Waals surface area contributed by atoms with E-state index < -0.39 is 16.1 Å². The number of sulfonamides is 1. The fourth-order valence-corrected chi connectivity index (χ4v) is 4.37. The molecule has 7 nitrogen and oxygen atoms in total. The Morgan fingerprint density at radius 3 is 2.27 bits per heavy atom. The number of nitrogens with one attached hydrogen (secondary N) is 1. The van der Waals surface area contributed by atoms with Crippen molar-refractivity contribution in [3.63, 3.8) is 0 Å². The Balaban J connectivity index is 1.55. The van der Waals surface area contributed by atoms with Crippen molar-refractivity contribution in [2.75, 3.05) is 42.7 Å². The molecule has 1 saturated heterocycles. The van der Waals surface area contributed by atoms with Crippen LogP contribution in [-0.2, 0) is 14.8 Å². The SMILES string of the molecule is CC(Oc1ccc(Cl)cc1Cl)C(=O)Nc1ccc(N2CCN(S(C)(=O)=O)CC2)cc1. The van der Waals surface area contributed by atoms with Crippen LogP contribution < -0.4 is 15.0 Å². The molecule has 0 bridgehead atoms. The second-order valence-corrected chi connectivity index (χ2v) is 9.85. The lowest BCUT2D eigenvalue weighted by Gasteiger charge is -2.34. The minimum Gasteiger partial charge on any atom is -0.479 e. The van der Waals surface area contributed by atoms with Crippen LogP contribution in [0.5, 0.6) is 5.75 Å². The van der Waals surface area contributed by atoms with Crippen LogP contribution in [0.25, 0.3) is 0 Å². The van der Waals surface area contributed by atoms with Gasteiger partial charge in [-0.05, 0) is 49.4 Å². The fourth-order valence-electron chi connectivity index (χ4n) is 3.09. The topological polar surface area (TPSA) is 79.0 Å². The first-order valence-electron chi connectivity index (χ1n) is 9.36. The van der Waals surface area contributed by atoms with E-state index in [1.54, 1.807) is 37.3 Å². The highest BCUT2D eigenvalue weighted by Gasteiger charge is 2.23. The molecule has 0 radical (unpaired) electrons. The molecule has 1 unspecified atom stereocenters. The normalized spacial score (nSPS) is 16.2. The van der Waals surface area contributed by atoms with Crippen molar-refractivity contribution in [1.29, 1.82) is 0 Å². The highest BCUT2D eigenvalue weighted by Crippen LogP contribution is 2.28. The molecule has 0 spiro atoms. The minimum atomic E-state index is -3.15. The maximum atomic E-state index is 12.4. The first kappa shape index (κ1) is 22.7. The highest BCUT2D eigenvalue weighted by atomic mass is 35.5. The predicted molar refractivity (Wildman–Crippen MR) is 120 cm³/mol. The van der Waals surface area contributed by atoms with E-state index in [0.29, 0.717) is 47.7 Å². The first-order valence-corrected chi connectivity index (χ1v) is 12.0. The quantitative estimate of drug-likeness (QED) is 0.697. The van der Waals surface area contributed by atoms with Crippen LogP contribution >= 0.6 is 23.2 Å². The van der Waals surface area contributed by atoms with Gasteiger partial charge < -0.3 is 15.0 Å². The van der Waals surface area contributed by atoms with Gasteiger partial charge in [0.15, 0.2) is 6.10 Å². The number of rotatable bonds is 6. The lowest BCUT2D eigenvalue weighted by Crippen LogP contribution is -2.48. The Morgan fingerprint density at radius 1 is 1.07 bits per heavy atom. The lowest BCUT2D eigenvalue weighted by atomic mass is 10.2. The molecular formula is C20H23Cl2N3O4S. The molecule has 0 aliphatic carbocycles. The van der Waals surface area contributed by atoms with Gasteiger partial charge in [-0.2, -0.15) is 4.31 Å². The van der Waals surface area contributed by atoms with E-state index in [2.05, 4.69) is 10.2 Å². The summed E-state index contributed by atoms with van der Waals surface area (Å²) in [4.78, 5) is 14.5. The van der Waals surface area contributed by atoms with Gasteiger partial charge in [0.2, 0.25) is 10.0 Å². The van der Waals surface area contributed by atoms with Crippen LogP contribution in [0.3, 0.4) is 0 Å². The molecule has 1 fully saturated rings. The van der Waals surface area contributed by atoms with Crippen LogP contribution in [0.1, 0.15) is 6.92 Å². The zero-order valence-corrected chi connectivity index (χ0v) is 19.0. The molecule has 1 aliphatic heterocycles. The molecule has 1 amide bonds. The Morgan fingerprint density at radius 2 is 1.70 bits per heavy atom. The minimum absolute atomic E-state index is 0.310. The summed E-state index contributed by atoms with van der Waals surface area (Å²) in [6.45, 7) is 3.78. The van der Waals surface area contributed by atoms with Crippen LogP contribution in [0, 0.1) is 0 Å². The summed E-state index contributed by atoms with van der Waals surface area (Å²) in [6.07, 6.45) is 0.471. The van der Waals surface area contributed by atoms with Crippen molar-refractivity contribution in [3.05, 3.63) is 52.5 Å². The molecule has 1 heterocycles. The first-order chi connectivity index (χ1) is 14.1. The number of hydrogen-bond acceptors (Lipinski definition) is 5. The summed E-state index contributed by atoms with van der Waals surface area (Å²) in [5, 5.41) is 3.63. The van der Waals surface area contributed by atoms with Gasteiger partial charge in [-0.15, -0.1) is 0 Å². The van der Waals surface area contributed by atoms with Gasteiger partial charge in [-0.25, -0.2) is 8.42 Å². The third-order valence-electron chi connectivity index (χ3n) is 4.77. The van der Waals surface area contributed by atoms with E-state index in [1.165, 1.54) is 10.6 Å². The molecule has 1 atom stereocenters. The molecule has 0 saturated carbocycles. The second kappa shape index (κ2) is 9.43. The Hall–Kier alpha value is -2.00. The van der Waals surface area contributed by atoms with E-state index in [0.717, 1.165) is 5.69 Å². The third-order valence-corrected chi connectivity index (χ3v) is 6.61. The number of piperazine rings is 1. The van der Waals surface area contributed by atoms with Gasteiger partial charge in [0.25, 0.3) is 5.91 Å². The van der Waals surface area contributed by atoms with Gasteiger partial charge in [0.1, 0.15) is 5.75 Å². The predicted octanol–water partition coefficient (Wildman–Crippen LogP) is 3.48. The lowest BCUT2D eigenvalue weighted by molar-refractivity contribution is -0.122. The second-order valence-electron chi connectivity index (χ2n) is 7.02. The largest absolute Gasteiger partial charge is 0.479 e. The smallest absolute Gasteiger partial charge is 0.265 e. The van der Waals surface area contributed by atoms with Crippen LogP contribution in [0.2, 0.25) is 10.0 Å². The number of carbonyl (C=O) groups excluding carboxylic acids is 1. The molecule has 2 aromatic rings. The maximum Gasteiger partial charge on any atom is 0.265 e. The highest BCUT2D eigenvalue weighted by molar-refractivity contribution is 7.88. The summed E-state index contributed by atoms with van der Waals surface area (Å²) in [6, 6.07) is 12.2. The van der Waals surface area contributed by atoms with Crippen molar-refractivity contribution < 1.29 is 17.9 Å². The average molecular weight is 472 g/mol. The molecule has 2 aromatic carbocycles. The standard InChI is InChI=1S/C20H23Cl2N3O4S/c1-14(29-19-8-3-15(21)13-18(19)22)20(26)23-16-4-6-17(7-5-16)24-9-11-25(12-10-24)30(2,27)28/h3-8,13-14H,9-12H2,1-2H3,(H,23,26). The molecule has 1 N–H and O–H groups in total. The average Bonchev–Trinajstić information content (AvgIpc) is 2.70. The Labute approximate surface area is 186 Å². The van der Waals surface area contributed by atoms with Gasteiger partial charge in [-0.1, -0.05) is 23.2 Å². The fraction of sp³-hybridized carbons (Fsp3) is 0.350. The number of carbonyl (C=O) groups is 1. The van der Waals surface area contributed by atoms with Crippen LogP contribution in [0.15, 0.2) is 42.5 Å². The zero-order chi connectivity index (χ0) is 21.9. The van der Waals surface area contributed by atoms with Crippen molar-refractivity contribution in [1.82, 2.24) is 4.31 Å². The van der Waals surface area contributed by atoms with E-state index >= 15 is 0 Å². The molecular weight excluding hydrogens is 449 g/mol. The number of nitrogens with zero attached hydrogens (tertiary/aromatic N) is 2. The monoisotopic (exact) mass is 471 g/mol. The van der Waals surface area contributed by atoms with Crippen molar-refractivity contribution in [2.45, 2.75) is 13.0 Å². The molecule has 1 aliphatic rings. The number of amides is 1. The molecule has 0 aromatic heterocycles. The van der Waals surface area contributed by atoms with Crippen LogP contribution in [0.4, 0.5) is 11.4 Å². The Bertz CT molecular complexity index is 1010. The number of halogens is 2. The van der Waals surface area contributed by atoms with Crippen molar-refractivity contribution in [3.8, 4) is 5.75 Å². The summed E-state index contributed by atoms with van der Waals surface area (Å²) in [7, 11) is -3.15. The van der Waals surface area contributed by atoms with E-state index in [9.17, 15) is 13.2 Å². The molecule has 3 rings (SSSR count). The molecule has 162 valence electrons. The number of anilines is 2. The number of benzene rings is 2. The van der Waals surface area contributed by atoms with E-state index in [4.69, 9.17) is 27.9 Å². The maximum absolute atomic E-state index is 12.4. The third kappa shape index (κ3) is 5.78. The number of ether oxygens (including phenoxy) is 1. The van der Waals surface area contributed by atoms with Gasteiger partial charge in [0, 0.05) is 42.6 Å². The van der Waals surface area contributed by atoms with Gasteiger partial charge in [-0.3, -0.25) is 4.79 Å². The van der Waals surface area contributed by atoms with Crippen LogP contribution in [-0.4, -0.2) is 57.2 Å². The summed E-state index contributed by atoms with van der Waals surface area (Å²) in [5.74, 6) is 0.0721. The molecule has 10 heteroatoms. The molecule has 30 heavy (non-hydrogen) atoms. The van der Waals surface area contributed by atoms with E-state index in [-0.39, 0.29) is 5.91 Å². The van der Waals surface area contributed by atoms with Gasteiger partial charge in [0.05, 0.1) is 11.3 Å². The number of hydrogen-bond donors (Lipinski definition) is 1. The van der Waals surface area contributed by atoms with Crippen molar-refractivity contribution in [2.24, 2.45) is 0 Å². The van der Waals surface area contributed by atoms with Gasteiger partial charge >= 0.3 is 0 Å². The summed E-state index contributed by atoms with van der Waals surface area (Å²) >= 11 is 11.9. The zero-order valence-electron chi connectivity index (χ0n) is 16.6. The van der Waals surface area contributed by atoms with Crippen molar-refractivity contribution >= 4 is 50.5 Å².